The van der Waals surface area contributed by atoms with Gasteiger partial charge in [-0.15, -0.1) is 0 Å². The van der Waals surface area contributed by atoms with Crippen LogP contribution in [0.15, 0.2) is 22.6 Å². The molecule has 0 aliphatic heterocycles. The van der Waals surface area contributed by atoms with Gasteiger partial charge in [0.2, 0.25) is 5.89 Å². The molecular formula is C14H20N2O2. The molecule has 0 saturated carbocycles. The minimum atomic E-state index is -0.160. The molecule has 1 heterocycles. The van der Waals surface area contributed by atoms with E-state index in [0.29, 0.717) is 6.54 Å². The normalized spacial score (nSPS) is 12.0. The summed E-state index contributed by atoms with van der Waals surface area (Å²) in [5.74, 6) is 1.52. The largest absolute Gasteiger partial charge is 0.497 e. The lowest BCUT2D eigenvalue weighted by Gasteiger charge is -2.25. The Balaban J connectivity index is 2.52. The second-order valence-electron chi connectivity index (χ2n) is 4.54. The number of aromatic nitrogens is 1. The van der Waals surface area contributed by atoms with Gasteiger partial charge >= 0.3 is 0 Å². The number of nitrogens with zero attached hydrogens (tertiary/aromatic N) is 1. The molecule has 0 radical (unpaired) electrons. The Hall–Kier alpha value is -1.55. The van der Waals surface area contributed by atoms with Crippen LogP contribution in [-0.2, 0) is 5.41 Å². The molecule has 0 saturated heterocycles. The van der Waals surface area contributed by atoms with Crippen LogP contribution < -0.4 is 10.5 Å². The molecule has 0 atom stereocenters. The first-order chi connectivity index (χ1) is 8.69. The molecule has 1 aromatic carbocycles. The first kappa shape index (κ1) is 12.9. The van der Waals surface area contributed by atoms with Gasteiger partial charge in [-0.25, -0.2) is 4.98 Å². The van der Waals surface area contributed by atoms with Crippen molar-refractivity contribution in [3.8, 4) is 5.75 Å². The fourth-order valence-electron chi connectivity index (χ4n) is 2.19. The second kappa shape index (κ2) is 4.98. The summed E-state index contributed by atoms with van der Waals surface area (Å²) in [4.78, 5) is 4.58. The van der Waals surface area contributed by atoms with E-state index in [9.17, 15) is 0 Å². The molecule has 2 rings (SSSR count). The van der Waals surface area contributed by atoms with E-state index in [4.69, 9.17) is 14.9 Å². The van der Waals surface area contributed by atoms with Crippen LogP contribution in [-0.4, -0.2) is 18.6 Å². The Bertz CT molecular complexity index is 521. The second-order valence-corrected chi connectivity index (χ2v) is 4.54. The third-order valence-corrected chi connectivity index (χ3v) is 3.79. The quantitative estimate of drug-likeness (QED) is 0.883. The van der Waals surface area contributed by atoms with Gasteiger partial charge in [0.15, 0.2) is 5.58 Å². The average Bonchev–Trinajstić information content (AvgIpc) is 2.84. The lowest BCUT2D eigenvalue weighted by molar-refractivity contribution is 0.316. The van der Waals surface area contributed by atoms with Gasteiger partial charge < -0.3 is 14.9 Å². The van der Waals surface area contributed by atoms with Gasteiger partial charge in [-0.05, 0) is 25.0 Å². The Morgan fingerprint density at radius 2 is 2.06 bits per heavy atom. The lowest BCUT2D eigenvalue weighted by Crippen LogP contribution is -2.34. The van der Waals surface area contributed by atoms with E-state index in [1.165, 1.54) is 0 Å². The number of benzene rings is 1. The third-order valence-electron chi connectivity index (χ3n) is 3.79. The molecule has 0 aliphatic rings. The molecule has 0 aliphatic carbocycles. The number of nitrogens with two attached hydrogens (primary N) is 1. The van der Waals surface area contributed by atoms with Crippen LogP contribution in [0.4, 0.5) is 0 Å². The number of ether oxygens (including phenoxy) is 1. The number of fused-ring (bicyclic) bond motifs is 1. The van der Waals surface area contributed by atoms with Gasteiger partial charge in [-0.3, -0.25) is 0 Å². The highest BCUT2D eigenvalue weighted by Gasteiger charge is 2.32. The molecule has 4 heteroatoms. The topological polar surface area (TPSA) is 61.3 Å². The summed E-state index contributed by atoms with van der Waals surface area (Å²) in [5, 5.41) is 0. The minimum absolute atomic E-state index is 0.160. The number of hydrogen-bond acceptors (Lipinski definition) is 4. The van der Waals surface area contributed by atoms with Crippen LogP contribution in [0.3, 0.4) is 0 Å². The summed E-state index contributed by atoms with van der Waals surface area (Å²) in [6, 6.07) is 5.64. The summed E-state index contributed by atoms with van der Waals surface area (Å²) in [6.45, 7) is 4.78. The summed E-state index contributed by atoms with van der Waals surface area (Å²) in [6.07, 6.45) is 1.84. The maximum absolute atomic E-state index is 5.91. The van der Waals surface area contributed by atoms with E-state index in [1.54, 1.807) is 7.11 Å². The van der Waals surface area contributed by atoms with Crippen molar-refractivity contribution in [1.82, 2.24) is 4.98 Å². The zero-order valence-electron chi connectivity index (χ0n) is 11.2. The molecule has 0 unspecified atom stereocenters. The molecule has 2 aromatic rings. The van der Waals surface area contributed by atoms with Crippen molar-refractivity contribution < 1.29 is 9.15 Å². The van der Waals surface area contributed by atoms with Crippen molar-refractivity contribution in [3.05, 3.63) is 24.1 Å². The van der Waals surface area contributed by atoms with Crippen molar-refractivity contribution in [1.29, 1.82) is 0 Å². The SMILES string of the molecule is CCC(CC)(CN)c1nc2cc(OC)ccc2o1. The van der Waals surface area contributed by atoms with E-state index < -0.39 is 0 Å². The van der Waals surface area contributed by atoms with Crippen molar-refractivity contribution in [2.24, 2.45) is 5.73 Å². The van der Waals surface area contributed by atoms with Crippen LogP contribution in [0.25, 0.3) is 11.1 Å². The van der Waals surface area contributed by atoms with E-state index >= 15 is 0 Å². The number of methoxy groups -OCH3 is 1. The fraction of sp³-hybridized carbons (Fsp3) is 0.500. The molecule has 18 heavy (non-hydrogen) atoms. The van der Waals surface area contributed by atoms with Gasteiger partial charge in [0.1, 0.15) is 11.3 Å². The Labute approximate surface area is 107 Å². The van der Waals surface area contributed by atoms with E-state index in [2.05, 4.69) is 18.8 Å². The maximum Gasteiger partial charge on any atom is 0.202 e. The lowest BCUT2D eigenvalue weighted by atomic mass is 9.82. The van der Waals surface area contributed by atoms with E-state index in [-0.39, 0.29) is 5.41 Å². The Morgan fingerprint density at radius 1 is 1.33 bits per heavy atom. The van der Waals surface area contributed by atoms with Gasteiger partial charge in [0.25, 0.3) is 0 Å². The van der Waals surface area contributed by atoms with Gasteiger partial charge in [0, 0.05) is 12.6 Å². The van der Waals surface area contributed by atoms with E-state index in [0.717, 1.165) is 35.6 Å². The number of oxazole rings is 1. The third kappa shape index (κ3) is 1.97. The molecule has 0 spiro atoms. The van der Waals surface area contributed by atoms with Crippen LogP contribution in [0.2, 0.25) is 0 Å². The highest BCUT2D eigenvalue weighted by atomic mass is 16.5. The molecule has 2 N–H and O–H groups in total. The summed E-state index contributed by atoms with van der Waals surface area (Å²) < 4.78 is 11.0. The molecule has 98 valence electrons. The van der Waals surface area contributed by atoms with Crippen molar-refractivity contribution in [2.45, 2.75) is 32.1 Å². The zero-order chi connectivity index (χ0) is 13.2. The van der Waals surface area contributed by atoms with Crippen LogP contribution in [0.1, 0.15) is 32.6 Å². The standard InChI is InChI=1S/C14H20N2O2/c1-4-14(5-2,9-15)13-16-11-8-10(17-3)6-7-12(11)18-13/h6-8H,4-5,9,15H2,1-3H3. The van der Waals surface area contributed by atoms with E-state index in [1.807, 2.05) is 18.2 Å². The molecule has 4 nitrogen and oxygen atoms in total. The van der Waals surface area contributed by atoms with Gasteiger partial charge in [-0.1, -0.05) is 13.8 Å². The Kier molecular flexibility index (Phi) is 3.57. The highest BCUT2D eigenvalue weighted by Crippen LogP contribution is 2.33. The molecule has 0 bridgehead atoms. The van der Waals surface area contributed by atoms with Crippen molar-refractivity contribution in [2.75, 3.05) is 13.7 Å². The fourth-order valence-corrected chi connectivity index (χ4v) is 2.19. The predicted octanol–water partition coefficient (Wildman–Crippen LogP) is 2.85. The van der Waals surface area contributed by atoms with Gasteiger partial charge in [0.05, 0.1) is 12.5 Å². The highest BCUT2D eigenvalue weighted by molar-refractivity contribution is 5.74. The molecule has 0 fully saturated rings. The van der Waals surface area contributed by atoms with Crippen molar-refractivity contribution >= 4 is 11.1 Å². The van der Waals surface area contributed by atoms with Crippen molar-refractivity contribution in [3.63, 3.8) is 0 Å². The van der Waals surface area contributed by atoms with Crippen LogP contribution in [0.5, 0.6) is 5.75 Å². The van der Waals surface area contributed by atoms with Crippen LogP contribution >= 0.6 is 0 Å². The smallest absolute Gasteiger partial charge is 0.202 e. The zero-order valence-corrected chi connectivity index (χ0v) is 11.2. The number of hydrogen-bond donors (Lipinski definition) is 1. The summed E-state index contributed by atoms with van der Waals surface area (Å²) in [7, 11) is 1.64. The minimum Gasteiger partial charge on any atom is -0.497 e. The monoisotopic (exact) mass is 248 g/mol. The first-order valence-corrected chi connectivity index (χ1v) is 6.34. The van der Waals surface area contributed by atoms with Crippen LogP contribution in [0, 0.1) is 0 Å². The Morgan fingerprint density at radius 3 is 2.61 bits per heavy atom. The molecule has 1 aromatic heterocycles. The molecular weight excluding hydrogens is 228 g/mol. The van der Waals surface area contributed by atoms with Gasteiger partial charge in [-0.2, -0.15) is 0 Å². The predicted molar refractivity (Wildman–Crippen MR) is 71.9 cm³/mol. The number of rotatable bonds is 5. The average molecular weight is 248 g/mol. The summed E-state index contributed by atoms with van der Waals surface area (Å²) in [5.41, 5.74) is 7.36. The maximum atomic E-state index is 5.91. The first-order valence-electron chi connectivity index (χ1n) is 6.34. The molecule has 0 amide bonds. The summed E-state index contributed by atoms with van der Waals surface area (Å²) >= 11 is 0.